The number of carbonyl (C=O) groups is 2. The minimum atomic E-state index is -0.855. The molecule has 0 unspecified atom stereocenters. The average Bonchev–Trinajstić information content (AvgIpc) is 2.47. The van der Waals surface area contributed by atoms with Gasteiger partial charge in [-0.3, -0.25) is 4.79 Å². The standard InChI is InChI=1S/C15H9F2IO3/c16-10-3-6-13(17)12(7-10)14(19)8-21-15(20)9-1-4-11(18)5-2-9/h1-7H,8H2. The van der Waals surface area contributed by atoms with Gasteiger partial charge in [-0.1, -0.05) is 0 Å². The number of esters is 1. The van der Waals surface area contributed by atoms with Gasteiger partial charge < -0.3 is 4.74 Å². The van der Waals surface area contributed by atoms with Crippen molar-refractivity contribution in [1.29, 1.82) is 0 Å². The molecule has 0 atom stereocenters. The quantitative estimate of drug-likeness (QED) is 0.446. The molecule has 0 heterocycles. The van der Waals surface area contributed by atoms with Crippen LogP contribution in [0.4, 0.5) is 8.78 Å². The zero-order valence-corrected chi connectivity index (χ0v) is 12.8. The summed E-state index contributed by atoms with van der Waals surface area (Å²) in [5.41, 5.74) is -0.159. The van der Waals surface area contributed by atoms with Crippen molar-refractivity contribution in [3.63, 3.8) is 0 Å². The van der Waals surface area contributed by atoms with Gasteiger partial charge in [0, 0.05) is 3.57 Å². The van der Waals surface area contributed by atoms with Crippen molar-refractivity contribution >= 4 is 34.3 Å². The third kappa shape index (κ3) is 4.07. The van der Waals surface area contributed by atoms with Crippen LogP contribution in [0.5, 0.6) is 0 Å². The molecular formula is C15H9F2IO3. The van der Waals surface area contributed by atoms with E-state index in [2.05, 4.69) is 22.6 Å². The molecule has 0 aliphatic rings. The van der Waals surface area contributed by atoms with Crippen LogP contribution in [0.25, 0.3) is 0 Å². The Balaban J connectivity index is 2.02. The van der Waals surface area contributed by atoms with Crippen LogP contribution < -0.4 is 0 Å². The van der Waals surface area contributed by atoms with Crippen LogP contribution in [0.3, 0.4) is 0 Å². The summed E-state index contributed by atoms with van der Waals surface area (Å²) < 4.78 is 32.1. The number of hydrogen-bond donors (Lipinski definition) is 0. The molecule has 0 amide bonds. The van der Waals surface area contributed by atoms with Gasteiger partial charge in [0.25, 0.3) is 0 Å². The maximum atomic E-state index is 13.4. The van der Waals surface area contributed by atoms with E-state index in [0.29, 0.717) is 0 Å². The molecule has 2 aromatic rings. The lowest BCUT2D eigenvalue weighted by Crippen LogP contribution is -2.15. The van der Waals surface area contributed by atoms with Gasteiger partial charge in [-0.25, -0.2) is 13.6 Å². The normalized spacial score (nSPS) is 10.2. The average molecular weight is 402 g/mol. The molecule has 108 valence electrons. The van der Waals surface area contributed by atoms with E-state index in [1.165, 1.54) is 0 Å². The van der Waals surface area contributed by atoms with Crippen molar-refractivity contribution < 1.29 is 23.1 Å². The van der Waals surface area contributed by atoms with Crippen molar-refractivity contribution in [3.05, 3.63) is 68.8 Å². The third-order valence-electron chi connectivity index (χ3n) is 2.64. The molecule has 21 heavy (non-hydrogen) atoms. The molecule has 6 heteroatoms. The summed E-state index contributed by atoms with van der Waals surface area (Å²) in [4.78, 5) is 23.4. The van der Waals surface area contributed by atoms with Gasteiger partial charge in [-0.2, -0.15) is 0 Å². The maximum absolute atomic E-state index is 13.4. The zero-order chi connectivity index (χ0) is 15.4. The predicted octanol–water partition coefficient (Wildman–Crippen LogP) is 3.61. The molecule has 0 N–H and O–H groups in total. The first-order valence-electron chi connectivity index (χ1n) is 5.88. The lowest BCUT2D eigenvalue weighted by molar-refractivity contribution is 0.0473. The summed E-state index contributed by atoms with van der Waals surface area (Å²) in [6, 6.07) is 9.06. The van der Waals surface area contributed by atoms with Crippen molar-refractivity contribution in [3.8, 4) is 0 Å². The number of ether oxygens (including phenoxy) is 1. The maximum Gasteiger partial charge on any atom is 0.338 e. The SMILES string of the molecule is O=C(OCC(=O)c1cc(F)ccc1F)c1ccc(I)cc1. The summed E-state index contributed by atoms with van der Waals surface area (Å²) in [5, 5.41) is 0. The highest BCUT2D eigenvalue weighted by Crippen LogP contribution is 2.12. The van der Waals surface area contributed by atoms with Gasteiger partial charge in [-0.05, 0) is 65.1 Å². The van der Waals surface area contributed by atoms with Crippen LogP contribution >= 0.6 is 22.6 Å². The topological polar surface area (TPSA) is 43.4 Å². The number of Topliss-reactive ketones (excluding diaryl/α,β-unsaturated/α-hetero) is 1. The third-order valence-corrected chi connectivity index (χ3v) is 3.36. The molecule has 0 saturated heterocycles. The fourth-order valence-corrected chi connectivity index (χ4v) is 1.95. The summed E-state index contributed by atoms with van der Waals surface area (Å²) in [7, 11) is 0. The second-order valence-corrected chi connectivity index (χ2v) is 5.38. The number of benzene rings is 2. The van der Waals surface area contributed by atoms with E-state index in [0.717, 1.165) is 21.8 Å². The number of ketones is 1. The van der Waals surface area contributed by atoms with E-state index in [1.54, 1.807) is 24.3 Å². The van der Waals surface area contributed by atoms with E-state index in [-0.39, 0.29) is 5.56 Å². The summed E-state index contributed by atoms with van der Waals surface area (Å²) >= 11 is 2.08. The van der Waals surface area contributed by atoms with Gasteiger partial charge in [0.05, 0.1) is 11.1 Å². The molecule has 0 aliphatic heterocycles. The van der Waals surface area contributed by atoms with Gasteiger partial charge in [-0.15, -0.1) is 0 Å². The van der Waals surface area contributed by atoms with Crippen LogP contribution in [0, 0.1) is 15.2 Å². The molecule has 2 rings (SSSR count). The highest BCUT2D eigenvalue weighted by Gasteiger charge is 2.16. The fraction of sp³-hybridized carbons (Fsp3) is 0.0667. The Hall–Kier alpha value is -1.83. The van der Waals surface area contributed by atoms with E-state index >= 15 is 0 Å². The zero-order valence-electron chi connectivity index (χ0n) is 10.6. The smallest absolute Gasteiger partial charge is 0.338 e. The molecule has 0 aliphatic carbocycles. The minimum absolute atomic E-state index is 0.280. The van der Waals surface area contributed by atoms with Crippen molar-refractivity contribution in [2.24, 2.45) is 0 Å². The lowest BCUT2D eigenvalue weighted by atomic mass is 10.1. The van der Waals surface area contributed by atoms with Gasteiger partial charge >= 0.3 is 5.97 Å². The molecule has 0 aromatic heterocycles. The van der Waals surface area contributed by atoms with E-state index in [9.17, 15) is 18.4 Å². The van der Waals surface area contributed by atoms with Crippen molar-refractivity contribution in [2.45, 2.75) is 0 Å². The molecular weight excluding hydrogens is 393 g/mol. The highest BCUT2D eigenvalue weighted by molar-refractivity contribution is 14.1. The predicted molar refractivity (Wildman–Crippen MR) is 80.1 cm³/mol. The summed E-state index contributed by atoms with van der Waals surface area (Å²) in [6.45, 7) is -0.648. The summed E-state index contributed by atoms with van der Waals surface area (Å²) in [6.07, 6.45) is 0. The Morgan fingerprint density at radius 2 is 1.71 bits per heavy atom. The van der Waals surface area contributed by atoms with Gasteiger partial charge in [0.2, 0.25) is 5.78 Å². The Labute approximate surface area is 133 Å². The first-order chi connectivity index (χ1) is 9.97. The second-order valence-electron chi connectivity index (χ2n) is 4.13. The Morgan fingerprint density at radius 1 is 1.05 bits per heavy atom. The number of hydrogen-bond acceptors (Lipinski definition) is 3. The van der Waals surface area contributed by atoms with Crippen LogP contribution in [-0.2, 0) is 4.74 Å². The van der Waals surface area contributed by atoms with Gasteiger partial charge in [0.1, 0.15) is 11.6 Å². The first kappa shape index (κ1) is 15.6. The second kappa shape index (κ2) is 6.75. The van der Waals surface area contributed by atoms with E-state index < -0.39 is 35.6 Å². The molecule has 0 fully saturated rings. The van der Waals surface area contributed by atoms with Crippen LogP contribution in [0.15, 0.2) is 42.5 Å². The number of carbonyl (C=O) groups excluding carboxylic acids is 2. The van der Waals surface area contributed by atoms with E-state index in [4.69, 9.17) is 4.74 Å². The van der Waals surface area contributed by atoms with Crippen molar-refractivity contribution in [1.82, 2.24) is 0 Å². The minimum Gasteiger partial charge on any atom is -0.454 e. The lowest BCUT2D eigenvalue weighted by Gasteiger charge is -2.05. The van der Waals surface area contributed by atoms with Crippen LogP contribution in [0.1, 0.15) is 20.7 Å². The molecule has 3 nitrogen and oxygen atoms in total. The fourth-order valence-electron chi connectivity index (χ4n) is 1.59. The number of rotatable bonds is 4. The first-order valence-corrected chi connectivity index (χ1v) is 6.96. The largest absolute Gasteiger partial charge is 0.454 e. The van der Waals surface area contributed by atoms with Gasteiger partial charge in [0.15, 0.2) is 6.61 Å². The highest BCUT2D eigenvalue weighted by atomic mass is 127. The molecule has 0 saturated carbocycles. The summed E-state index contributed by atoms with van der Waals surface area (Å²) in [5.74, 6) is -3.09. The van der Waals surface area contributed by atoms with Crippen LogP contribution in [-0.4, -0.2) is 18.4 Å². The number of halogens is 3. The van der Waals surface area contributed by atoms with Crippen molar-refractivity contribution in [2.75, 3.05) is 6.61 Å². The Kier molecular flexibility index (Phi) is 5.00. The molecule has 0 radical (unpaired) electrons. The van der Waals surface area contributed by atoms with Crippen LogP contribution in [0.2, 0.25) is 0 Å². The monoisotopic (exact) mass is 402 g/mol. The Morgan fingerprint density at radius 3 is 2.38 bits per heavy atom. The molecule has 0 bridgehead atoms. The Bertz CT molecular complexity index is 684. The molecule has 0 spiro atoms. The molecule has 2 aromatic carbocycles. The van der Waals surface area contributed by atoms with E-state index in [1.807, 2.05) is 0 Å².